The molecule has 1 heteroatoms. The van der Waals surface area contributed by atoms with Crippen molar-refractivity contribution in [3.63, 3.8) is 0 Å². The van der Waals surface area contributed by atoms with Crippen molar-refractivity contribution < 1.29 is 0 Å². The SMILES string of the molecule is CCCC/C(C)=C(/P)C(C)C. The first-order valence-corrected chi connectivity index (χ1v) is 5.12. The lowest BCUT2D eigenvalue weighted by atomic mass is 10.1. The van der Waals surface area contributed by atoms with Crippen molar-refractivity contribution in [2.45, 2.75) is 47.0 Å². The summed E-state index contributed by atoms with van der Waals surface area (Å²) in [6.07, 6.45) is 3.90. The summed E-state index contributed by atoms with van der Waals surface area (Å²) in [4.78, 5) is 0. The molecule has 0 saturated heterocycles. The topological polar surface area (TPSA) is 0 Å². The second-order valence-corrected chi connectivity index (χ2v) is 4.12. The summed E-state index contributed by atoms with van der Waals surface area (Å²) in [6.45, 7) is 8.98. The lowest BCUT2D eigenvalue weighted by Gasteiger charge is -2.09. The van der Waals surface area contributed by atoms with E-state index in [-0.39, 0.29) is 0 Å². The summed E-state index contributed by atoms with van der Waals surface area (Å²) >= 11 is 0. The van der Waals surface area contributed by atoms with E-state index < -0.39 is 0 Å². The van der Waals surface area contributed by atoms with E-state index in [1.54, 1.807) is 5.57 Å². The van der Waals surface area contributed by atoms with Gasteiger partial charge in [-0.05, 0) is 25.7 Å². The zero-order valence-corrected chi connectivity index (χ0v) is 9.43. The molecule has 0 spiro atoms. The Kier molecular flexibility index (Phi) is 5.86. The van der Waals surface area contributed by atoms with Crippen LogP contribution in [-0.2, 0) is 0 Å². The number of hydrogen-bond donors (Lipinski definition) is 0. The monoisotopic (exact) mass is 172 g/mol. The van der Waals surface area contributed by atoms with Gasteiger partial charge < -0.3 is 0 Å². The van der Waals surface area contributed by atoms with Gasteiger partial charge in [0.05, 0.1) is 0 Å². The van der Waals surface area contributed by atoms with Crippen LogP contribution in [0.3, 0.4) is 0 Å². The molecule has 0 aliphatic heterocycles. The van der Waals surface area contributed by atoms with Gasteiger partial charge in [-0.15, -0.1) is 9.24 Å². The van der Waals surface area contributed by atoms with Crippen molar-refractivity contribution in [3.8, 4) is 0 Å². The van der Waals surface area contributed by atoms with Crippen LogP contribution in [0.15, 0.2) is 10.9 Å². The summed E-state index contributed by atoms with van der Waals surface area (Å²) in [5.74, 6) is 0.692. The average molecular weight is 172 g/mol. The van der Waals surface area contributed by atoms with Crippen LogP contribution in [0.1, 0.15) is 47.0 Å². The highest BCUT2D eigenvalue weighted by molar-refractivity contribution is 7.22. The van der Waals surface area contributed by atoms with Crippen molar-refractivity contribution in [1.82, 2.24) is 0 Å². The Bertz CT molecular complexity index is 134. The van der Waals surface area contributed by atoms with E-state index in [9.17, 15) is 0 Å². The lowest BCUT2D eigenvalue weighted by molar-refractivity contribution is 0.751. The van der Waals surface area contributed by atoms with Crippen LogP contribution in [0.2, 0.25) is 0 Å². The van der Waals surface area contributed by atoms with E-state index in [0.29, 0.717) is 5.92 Å². The third-order valence-electron chi connectivity index (χ3n) is 2.02. The predicted molar refractivity (Wildman–Crippen MR) is 56.8 cm³/mol. The maximum absolute atomic E-state index is 2.86. The minimum Gasteiger partial charge on any atom is -0.110 e. The summed E-state index contributed by atoms with van der Waals surface area (Å²) < 4.78 is 0. The molecule has 1 atom stereocenters. The molecule has 0 fully saturated rings. The highest BCUT2D eigenvalue weighted by atomic mass is 31.0. The maximum Gasteiger partial charge on any atom is -0.0220 e. The van der Waals surface area contributed by atoms with Gasteiger partial charge in [0, 0.05) is 0 Å². The molecule has 0 aliphatic carbocycles. The molecule has 0 bridgehead atoms. The second kappa shape index (κ2) is 5.77. The van der Waals surface area contributed by atoms with E-state index >= 15 is 0 Å². The highest BCUT2D eigenvalue weighted by Gasteiger charge is 2.00. The molecule has 0 radical (unpaired) electrons. The number of unbranched alkanes of at least 4 members (excludes halogenated alkanes) is 1. The molecule has 66 valence electrons. The summed E-state index contributed by atoms with van der Waals surface area (Å²) in [5, 5.41) is 1.50. The fourth-order valence-electron chi connectivity index (χ4n) is 1.08. The first-order valence-electron chi connectivity index (χ1n) is 4.54. The molecule has 0 nitrogen and oxygen atoms in total. The van der Waals surface area contributed by atoms with Gasteiger partial charge in [-0.25, -0.2) is 0 Å². The average Bonchev–Trinajstić information content (AvgIpc) is 1.98. The Morgan fingerprint density at radius 3 is 2.27 bits per heavy atom. The van der Waals surface area contributed by atoms with Gasteiger partial charge in [-0.1, -0.05) is 38.1 Å². The Hall–Kier alpha value is 0.170. The zero-order valence-electron chi connectivity index (χ0n) is 8.28. The van der Waals surface area contributed by atoms with Gasteiger partial charge >= 0.3 is 0 Å². The smallest absolute Gasteiger partial charge is 0.0220 e. The first-order chi connectivity index (χ1) is 5.09. The molecule has 0 amide bonds. The zero-order chi connectivity index (χ0) is 8.85. The van der Waals surface area contributed by atoms with Crippen molar-refractivity contribution in [2.24, 2.45) is 5.92 Å². The molecule has 0 N–H and O–H groups in total. The summed E-state index contributed by atoms with van der Waals surface area (Å²) in [6, 6.07) is 0. The van der Waals surface area contributed by atoms with Crippen molar-refractivity contribution in [3.05, 3.63) is 10.9 Å². The maximum atomic E-state index is 2.86. The van der Waals surface area contributed by atoms with Crippen LogP contribution < -0.4 is 0 Å². The van der Waals surface area contributed by atoms with Gasteiger partial charge in [-0.2, -0.15) is 0 Å². The number of allylic oxidation sites excluding steroid dienone is 2. The molecule has 0 aliphatic rings. The Morgan fingerprint density at radius 2 is 1.91 bits per heavy atom. The van der Waals surface area contributed by atoms with Crippen molar-refractivity contribution >= 4 is 9.24 Å². The van der Waals surface area contributed by atoms with Gasteiger partial charge in [0.2, 0.25) is 0 Å². The van der Waals surface area contributed by atoms with E-state index in [2.05, 4.69) is 36.9 Å². The number of rotatable bonds is 4. The van der Waals surface area contributed by atoms with Crippen LogP contribution >= 0.6 is 9.24 Å². The molecule has 0 rings (SSSR count). The van der Waals surface area contributed by atoms with Gasteiger partial charge in [-0.3, -0.25) is 0 Å². The van der Waals surface area contributed by atoms with Crippen molar-refractivity contribution in [1.29, 1.82) is 0 Å². The highest BCUT2D eigenvalue weighted by Crippen LogP contribution is 2.24. The molecular weight excluding hydrogens is 151 g/mol. The van der Waals surface area contributed by atoms with E-state index in [1.807, 2.05) is 0 Å². The molecule has 0 aromatic carbocycles. The van der Waals surface area contributed by atoms with Crippen LogP contribution in [0, 0.1) is 5.92 Å². The predicted octanol–water partition coefficient (Wildman–Crippen LogP) is 3.98. The Morgan fingerprint density at radius 1 is 1.36 bits per heavy atom. The van der Waals surface area contributed by atoms with Gasteiger partial charge in [0.15, 0.2) is 0 Å². The Labute approximate surface area is 73.7 Å². The third kappa shape index (κ3) is 4.58. The van der Waals surface area contributed by atoms with Crippen LogP contribution in [0.25, 0.3) is 0 Å². The largest absolute Gasteiger partial charge is 0.110 e. The first kappa shape index (κ1) is 11.2. The molecule has 0 aromatic rings. The molecule has 11 heavy (non-hydrogen) atoms. The fraction of sp³-hybridized carbons (Fsp3) is 0.800. The standard InChI is InChI=1S/C10H21P/c1-5-6-7-9(4)10(11)8(2)3/h8H,5-7,11H2,1-4H3/b10-9+. The molecule has 1 unspecified atom stereocenters. The molecular formula is C10H21P. The molecule has 0 aromatic heterocycles. The quantitative estimate of drug-likeness (QED) is 0.562. The summed E-state index contributed by atoms with van der Waals surface area (Å²) in [7, 11) is 2.86. The van der Waals surface area contributed by atoms with E-state index in [4.69, 9.17) is 0 Å². The van der Waals surface area contributed by atoms with Gasteiger partial charge in [0.1, 0.15) is 0 Å². The van der Waals surface area contributed by atoms with Crippen LogP contribution in [-0.4, -0.2) is 0 Å². The minimum absolute atomic E-state index is 0.692. The van der Waals surface area contributed by atoms with E-state index in [1.165, 1.54) is 24.6 Å². The minimum atomic E-state index is 0.692. The van der Waals surface area contributed by atoms with Gasteiger partial charge in [0.25, 0.3) is 0 Å². The third-order valence-corrected chi connectivity index (χ3v) is 3.18. The normalized spacial score (nSPS) is 13.6. The Balaban J connectivity index is 3.94. The fourth-order valence-corrected chi connectivity index (χ4v) is 1.22. The van der Waals surface area contributed by atoms with E-state index in [0.717, 1.165) is 0 Å². The van der Waals surface area contributed by atoms with Crippen LogP contribution in [0.5, 0.6) is 0 Å². The molecule has 0 heterocycles. The molecule has 0 saturated carbocycles. The second-order valence-electron chi connectivity index (χ2n) is 3.49. The van der Waals surface area contributed by atoms with Crippen molar-refractivity contribution in [2.75, 3.05) is 0 Å². The lowest BCUT2D eigenvalue weighted by Crippen LogP contribution is -1.90. The summed E-state index contributed by atoms with van der Waals surface area (Å²) in [5.41, 5.74) is 1.56. The van der Waals surface area contributed by atoms with Crippen LogP contribution in [0.4, 0.5) is 0 Å². The number of hydrogen-bond acceptors (Lipinski definition) is 0.